The quantitative estimate of drug-likeness (QED) is 0.708. The van der Waals surface area contributed by atoms with Crippen molar-refractivity contribution in [2.24, 2.45) is 0 Å². The minimum absolute atomic E-state index is 0.0842. The molecular weight excluding hydrogens is 284 g/mol. The van der Waals surface area contributed by atoms with Crippen molar-refractivity contribution in [3.63, 3.8) is 0 Å². The molecule has 0 aromatic heterocycles. The Morgan fingerprint density at radius 3 is 2.68 bits per heavy atom. The van der Waals surface area contributed by atoms with Crippen LogP contribution in [0.25, 0.3) is 0 Å². The smallest absolute Gasteiger partial charge is 0.317 e. The summed E-state index contributed by atoms with van der Waals surface area (Å²) >= 11 is 0. The lowest BCUT2D eigenvalue weighted by Gasteiger charge is -2.42. The maximum atomic E-state index is 11.9. The Hall–Kier alpha value is -1.14. The summed E-state index contributed by atoms with van der Waals surface area (Å²) in [4.78, 5) is 24.7. The van der Waals surface area contributed by atoms with E-state index in [1.54, 1.807) is 0 Å². The van der Waals surface area contributed by atoms with Crippen LogP contribution in [0.2, 0.25) is 0 Å². The molecule has 1 aliphatic carbocycles. The van der Waals surface area contributed by atoms with E-state index in [9.17, 15) is 9.59 Å². The molecule has 22 heavy (non-hydrogen) atoms. The Morgan fingerprint density at radius 2 is 2.09 bits per heavy atom. The van der Waals surface area contributed by atoms with Crippen molar-refractivity contribution in [1.29, 1.82) is 0 Å². The molecule has 0 aromatic carbocycles. The molecule has 6 heteroatoms. The summed E-state index contributed by atoms with van der Waals surface area (Å²) in [5.74, 6) is -0.694. The molecule has 2 N–H and O–H groups in total. The van der Waals surface area contributed by atoms with Gasteiger partial charge in [0, 0.05) is 25.1 Å². The van der Waals surface area contributed by atoms with Crippen molar-refractivity contribution in [1.82, 2.24) is 10.2 Å². The summed E-state index contributed by atoms with van der Waals surface area (Å²) in [7, 11) is 0. The monoisotopic (exact) mass is 312 g/mol. The maximum absolute atomic E-state index is 11.9. The molecule has 1 aliphatic heterocycles. The van der Waals surface area contributed by atoms with E-state index < -0.39 is 5.97 Å². The number of hydrogen-bond acceptors (Lipinski definition) is 4. The average molecular weight is 312 g/mol. The molecular formula is C16H28N2O4. The zero-order chi connectivity index (χ0) is 15.9. The number of carboxylic acid groups (broad SMARTS) is 1. The van der Waals surface area contributed by atoms with Crippen LogP contribution in [0.4, 0.5) is 0 Å². The fourth-order valence-corrected chi connectivity index (χ4v) is 3.30. The van der Waals surface area contributed by atoms with Crippen LogP contribution in [0.3, 0.4) is 0 Å². The normalized spacial score (nSPS) is 28.2. The van der Waals surface area contributed by atoms with Gasteiger partial charge in [-0.1, -0.05) is 6.92 Å². The third-order valence-corrected chi connectivity index (χ3v) is 4.71. The van der Waals surface area contributed by atoms with E-state index in [1.807, 2.05) is 11.8 Å². The Labute approximate surface area is 132 Å². The van der Waals surface area contributed by atoms with Gasteiger partial charge in [0.15, 0.2) is 0 Å². The van der Waals surface area contributed by atoms with E-state index in [1.165, 1.54) is 6.42 Å². The van der Waals surface area contributed by atoms with Crippen molar-refractivity contribution in [3.05, 3.63) is 0 Å². The molecule has 126 valence electrons. The van der Waals surface area contributed by atoms with Gasteiger partial charge in [-0.2, -0.15) is 0 Å². The van der Waals surface area contributed by atoms with Gasteiger partial charge < -0.3 is 15.2 Å². The van der Waals surface area contributed by atoms with Crippen molar-refractivity contribution in [2.75, 3.05) is 19.7 Å². The predicted octanol–water partition coefficient (Wildman–Crippen LogP) is 1.39. The van der Waals surface area contributed by atoms with Crippen LogP contribution in [-0.2, 0) is 14.3 Å². The molecule has 0 spiro atoms. The van der Waals surface area contributed by atoms with E-state index >= 15 is 0 Å². The first-order valence-corrected chi connectivity index (χ1v) is 8.45. The lowest BCUT2D eigenvalue weighted by atomic mass is 9.85. The molecule has 0 unspecified atom stereocenters. The van der Waals surface area contributed by atoms with Gasteiger partial charge in [-0.05, 0) is 45.1 Å². The van der Waals surface area contributed by atoms with E-state index in [-0.39, 0.29) is 30.6 Å². The minimum Gasteiger partial charge on any atom is -0.480 e. The summed E-state index contributed by atoms with van der Waals surface area (Å²) < 4.78 is 5.63. The molecule has 6 nitrogen and oxygen atoms in total. The molecule has 0 aromatic rings. The van der Waals surface area contributed by atoms with Crippen LogP contribution in [0.5, 0.6) is 0 Å². The highest BCUT2D eigenvalue weighted by atomic mass is 16.5. The van der Waals surface area contributed by atoms with Gasteiger partial charge >= 0.3 is 5.97 Å². The summed E-state index contributed by atoms with van der Waals surface area (Å²) in [6.07, 6.45) is 6.70. The largest absolute Gasteiger partial charge is 0.480 e. The number of likely N-dealkylation sites (N-methyl/N-ethyl adjacent to an activating group) is 1. The van der Waals surface area contributed by atoms with Crippen molar-refractivity contribution < 1.29 is 19.4 Å². The fraction of sp³-hybridized carbons (Fsp3) is 0.875. The van der Waals surface area contributed by atoms with Crippen LogP contribution in [0, 0.1) is 0 Å². The number of amides is 1. The van der Waals surface area contributed by atoms with E-state index in [0.29, 0.717) is 6.42 Å². The molecule has 2 fully saturated rings. The average Bonchev–Trinajstić information content (AvgIpc) is 2.47. The van der Waals surface area contributed by atoms with E-state index in [4.69, 9.17) is 9.84 Å². The number of nitrogens with zero attached hydrogens (tertiary/aromatic N) is 1. The molecule has 1 heterocycles. The number of nitrogens with one attached hydrogen (secondary N) is 1. The minimum atomic E-state index is -0.790. The van der Waals surface area contributed by atoms with Gasteiger partial charge in [-0.3, -0.25) is 14.5 Å². The van der Waals surface area contributed by atoms with Crippen LogP contribution in [-0.4, -0.2) is 59.8 Å². The first-order chi connectivity index (χ1) is 10.6. The highest BCUT2D eigenvalue weighted by Crippen LogP contribution is 2.26. The second-order valence-corrected chi connectivity index (χ2v) is 6.37. The third kappa shape index (κ3) is 5.25. The third-order valence-electron chi connectivity index (χ3n) is 4.71. The van der Waals surface area contributed by atoms with Gasteiger partial charge in [0.1, 0.15) is 0 Å². The summed E-state index contributed by atoms with van der Waals surface area (Å²) in [6, 6.07) is 0.487. The second-order valence-electron chi connectivity index (χ2n) is 6.37. The van der Waals surface area contributed by atoms with Gasteiger partial charge in [-0.15, -0.1) is 0 Å². The first-order valence-electron chi connectivity index (χ1n) is 8.45. The number of carboxylic acids is 1. The molecule has 2 rings (SSSR count). The highest BCUT2D eigenvalue weighted by Gasteiger charge is 2.34. The molecule has 1 saturated heterocycles. The van der Waals surface area contributed by atoms with Crippen molar-refractivity contribution in [2.45, 2.75) is 70.1 Å². The van der Waals surface area contributed by atoms with Gasteiger partial charge in [0.05, 0.1) is 12.6 Å². The number of carbonyl (C=O) groups excluding carboxylic acids is 1. The Bertz CT molecular complexity index is 376. The van der Waals surface area contributed by atoms with Crippen LogP contribution in [0.1, 0.15) is 51.9 Å². The summed E-state index contributed by atoms with van der Waals surface area (Å²) in [5, 5.41) is 11.9. The van der Waals surface area contributed by atoms with Gasteiger partial charge in [0.2, 0.25) is 5.91 Å². The van der Waals surface area contributed by atoms with Crippen LogP contribution in [0.15, 0.2) is 0 Å². The van der Waals surface area contributed by atoms with Crippen molar-refractivity contribution >= 4 is 11.9 Å². The zero-order valence-corrected chi connectivity index (χ0v) is 13.4. The molecule has 2 aliphatic rings. The van der Waals surface area contributed by atoms with Gasteiger partial charge in [-0.25, -0.2) is 0 Å². The predicted molar refractivity (Wildman–Crippen MR) is 82.7 cm³/mol. The van der Waals surface area contributed by atoms with E-state index in [0.717, 1.165) is 45.3 Å². The molecule has 1 atom stereocenters. The lowest BCUT2D eigenvalue weighted by Crippen LogP contribution is -2.54. The fourth-order valence-electron chi connectivity index (χ4n) is 3.30. The van der Waals surface area contributed by atoms with Crippen LogP contribution < -0.4 is 5.32 Å². The molecule has 1 amide bonds. The molecule has 0 bridgehead atoms. The number of ether oxygens (including phenoxy) is 1. The standard InChI is InChI=1S/C16H28N2O4/c1-2-18(11-16(20)21)13-9-12(10-13)17-15(19)7-6-14-5-3-4-8-22-14/h12-14H,2-11H2,1H3,(H,17,19)(H,20,21)/t12?,13?,14-/m0/s1. The molecule has 0 radical (unpaired) electrons. The van der Waals surface area contributed by atoms with Crippen molar-refractivity contribution in [3.8, 4) is 0 Å². The topological polar surface area (TPSA) is 78.9 Å². The SMILES string of the molecule is CCN(CC(=O)O)C1CC(NC(=O)CC[C@@H]2CCCCO2)C1. The summed E-state index contributed by atoms with van der Waals surface area (Å²) in [5.41, 5.74) is 0. The van der Waals surface area contributed by atoms with Crippen LogP contribution >= 0.6 is 0 Å². The van der Waals surface area contributed by atoms with Gasteiger partial charge in [0.25, 0.3) is 0 Å². The Balaban J connectivity index is 1.60. The Morgan fingerprint density at radius 1 is 1.32 bits per heavy atom. The number of hydrogen-bond donors (Lipinski definition) is 2. The highest BCUT2D eigenvalue weighted by molar-refractivity contribution is 5.76. The number of aliphatic carboxylic acids is 1. The van der Waals surface area contributed by atoms with E-state index in [2.05, 4.69) is 5.32 Å². The summed E-state index contributed by atoms with van der Waals surface area (Å²) in [6.45, 7) is 3.61. The zero-order valence-electron chi connectivity index (χ0n) is 13.4. The Kier molecular flexibility index (Phi) is 6.64. The second kappa shape index (κ2) is 8.48. The number of rotatable bonds is 8. The number of carbonyl (C=O) groups is 2. The molecule has 1 saturated carbocycles. The maximum Gasteiger partial charge on any atom is 0.317 e. The lowest BCUT2D eigenvalue weighted by molar-refractivity contribution is -0.139. The first kappa shape index (κ1) is 17.2.